The molecule has 1 heterocycles. The molecule has 4 heteroatoms. The molecule has 120 valence electrons. The Morgan fingerprint density at radius 1 is 1.29 bits per heavy atom. The minimum absolute atomic E-state index is 0.257. The second kappa shape index (κ2) is 7.95. The highest BCUT2D eigenvalue weighted by Crippen LogP contribution is 2.33. The smallest absolute Gasteiger partial charge is 0.335 e. The van der Waals surface area contributed by atoms with Crippen LogP contribution in [0.15, 0.2) is 12.2 Å². The second-order valence-corrected chi connectivity index (χ2v) is 6.55. The van der Waals surface area contributed by atoms with Crippen LogP contribution in [-0.4, -0.2) is 32.1 Å². The van der Waals surface area contributed by atoms with Gasteiger partial charge in [0.05, 0.1) is 6.61 Å². The molecular weight excluding hydrogens is 268 g/mol. The maximum Gasteiger partial charge on any atom is 0.335 e. The summed E-state index contributed by atoms with van der Waals surface area (Å²) in [6, 6.07) is 0. The van der Waals surface area contributed by atoms with Gasteiger partial charge in [0, 0.05) is 13.5 Å². The van der Waals surface area contributed by atoms with E-state index in [0.717, 1.165) is 11.8 Å². The number of carbonyl (C=O) groups is 1. The molecule has 0 bridgehead atoms. The van der Waals surface area contributed by atoms with Gasteiger partial charge >= 0.3 is 5.97 Å². The van der Waals surface area contributed by atoms with Gasteiger partial charge in [0.1, 0.15) is 0 Å². The van der Waals surface area contributed by atoms with Crippen molar-refractivity contribution in [1.29, 1.82) is 0 Å². The number of methoxy groups -OCH3 is 1. The molecule has 2 atom stereocenters. The predicted molar refractivity (Wildman–Crippen MR) is 80.7 cm³/mol. The van der Waals surface area contributed by atoms with Crippen LogP contribution < -0.4 is 0 Å². The van der Waals surface area contributed by atoms with Crippen LogP contribution >= 0.6 is 0 Å². The first-order valence-electron chi connectivity index (χ1n) is 8.11. The monoisotopic (exact) mass is 296 g/mol. The Morgan fingerprint density at radius 2 is 2.00 bits per heavy atom. The molecule has 0 aromatic carbocycles. The van der Waals surface area contributed by atoms with E-state index in [2.05, 4.69) is 13.8 Å². The van der Waals surface area contributed by atoms with Gasteiger partial charge in [-0.3, -0.25) is 0 Å². The van der Waals surface area contributed by atoms with E-state index in [1.54, 1.807) is 7.11 Å². The molecule has 2 rings (SSSR count). The summed E-state index contributed by atoms with van der Waals surface area (Å²) in [5.74, 6) is 1.86. The van der Waals surface area contributed by atoms with Gasteiger partial charge in [0.2, 0.25) is 0 Å². The van der Waals surface area contributed by atoms with Crippen LogP contribution in [0.5, 0.6) is 0 Å². The zero-order valence-corrected chi connectivity index (χ0v) is 13.4. The summed E-state index contributed by atoms with van der Waals surface area (Å²) in [6.45, 7) is 5.13. The highest BCUT2D eigenvalue weighted by atomic mass is 16.7. The number of esters is 1. The minimum Gasteiger partial charge on any atom is -0.463 e. The van der Waals surface area contributed by atoms with Crippen molar-refractivity contribution in [3.63, 3.8) is 0 Å². The Balaban J connectivity index is 1.69. The molecule has 1 fully saturated rings. The SMILES string of the molecule is COC1C=CCC(C(=O)OCC2CCC(C(C)C)CC2)O1. The molecule has 4 nitrogen and oxygen atoms in total. The molecule has 21 heavy (non-hydrogen) atoms. The number of carbonyl (C=O) groups excluding carboxylic acids is 1. The molecule has 0 N–H and O–H groups in total. The average molecular weight is 296 g/mol. The molecule has 1 aliphatic heterocycles. The number of ether oxygens (including phenoxy) is 3. The molecule has 0 aromatic heterocycles. The Labute approximate surface area is 127 Å². The van der Waals surface area contributed by atoms with Gasteiger partial charge in [-0.05, 0) is 49.5 Å². The van der Waals surface area contributed by atoms with Crippen LogP contribution in [0, 0.1) is 17.8 Å². The summed E-state index contributed by atoms with van der Waals surface area (Å²) in [5, 5.41) is 0. The zero-order chi connectivity index (χ0) is 15.2. The van der Waals surface area contributed by atoms with Crippen LogP contribution in [0.25, 0.3) is 0 Å². The fourth-order valence-corrected chi connectivity index (χ4v) is 3.18. The fourth-order valence-electron chi connectivity index (χ4n) is 3.18. The maximum atomic E-state index is 12.0. The minimum atomic E-state index is -0.521. The lowest BCUT2D eigenvalue weighted by atomic mass is 9.77. The van der Waals surface area contributed by atoms with E-state index in [9.17, 15) is 4.79 Å². The fraction of sp³-hybridized carbons (Fsp3) is 0.824. The van der Waals surface area contributed by atoms with Crippen LogP contribution in [0.1, 0.15) is 46.0 Å². The van der Waals surface area contributed by atoms with Crippen molar-refractivity contribution in [2.24, 2.45) is 17.8 Å². The maximum absolute atomic E-state index is 12.0. The molecule has 2 aliphatic rings. The van der Waals surface area contributed by atoms with Crippen molar-refractivity contribution in [2.45, 2.75) is 58.3 Å². The molecule has 1 aliphatic carbocycles. The van der Waals surface area contributed by atoms with Gasteiger partial charge in [-0.2, -0.15) is 0 Å². The van der Waals surface area contributed by atoms with E-state index >= 15 is 0 Å². The normalized spacial score (nSPS) is 33.1. The topological polar surface area (TPSA) is 44.8 Å². The first-order valence-corrected chi connectivity index (χ1v) is 8.11. The van der Waals surface area contributed by atoms with Crippen molar-refractivity contribution >= 4 is 5.97 Å². The summed E-state index contributed by atoms with van der Waals surface area (Å²) in [7, 11) is 1.57. The predicted octanol–water partition coefficient (Wildman–Crippen LogP) is 3.31. The molecule has 0 radical (unpaired) electrons. The van der Waals surface area contributed by atoms with Crippen molar-refractivity contribution < 1.29 is 19.0 Å². The Morgan fingerprint density at radius 3 is 2.62 bits per heavy atom. The molecule has 0 amide bonds. The first-order chi connectivity index (χ1) is 10.1. The zero-order valence-electron chi connectivity index (χ0n) is 13.4. The van der Waals surface area contributed by atoms with Gasteiger partial charge in [-0.15, -0.1) is 0 Å². The molecule has 0 aromatic rings. The Kier molecular flexibility index (Phi) is 6.24. The lowest BCUT2D eigenvalue weighted by Crippen LogP contribution is -2.34. The number of hydrogen-bond donors (Lipinski definition) is 0. The lowest BCUT2D eigenvalue weighted by Gasteiger charge is -2.31. The molecule has 0 spiro atoms. The van der Waals surface area contributed by atoms with Crippen LogP contribution in [0.3, 0.4) is 0 Å². The van der Waals surface area contributed by atoms with Gasteiger partial charge in [-0.25, -0.2) is 4.79 Å². The van der Waals surface area contributed by atoms with Crippen LogP contribution in [0.2, 0.25) is 0 Å². The summed E-state index contributed by atoms with van der Waals surface area (Å²) >= 11 is 0. The second-order valence-electron chi connectivity index (χ2n) is 6.55. The highest BCUT2D eigenvalue weighted by molar-refractivity contribution is 5.75. The lowest BCUT2D eigenvalue weighted by molar-refractivity contribution is -0.179. The van der Waals surface area contributed by atoms with Crippen molar-refractivity contribution in [3.05, 3.63) is 12.2 Å². The van der Waals surface area contributed by atoms with Crippen molar-refractivity contribution in [2.75, 3.05) is 13.7 Å². The van der Waals surface area contributed by atoms with Crippen molar-refractivity contribution in [1.82, 2.24) is 0 Å². The van der Waals surface area contributed by atoms with Gasteiger partial charge in [0.15, 0.2) is 12.4 Å². The third-order valence-electron chi connectivity index (χ3n) is 4.73. The Bertz CT molecular complexity index is 356. The summed E-state index contributed by atoms with van der Waals surface area (Å²) in [5.41, 5.74) is 0. The standard InChI is InChI=1S/C17H28O4/c1-12(2)14-9-7-13(8-10-14)11-20-17(18)15-5-4-6-16(19-3)21-15/h4,6,12-16H,5,7-11H2,1-3H3. The average Bonchev–Trinajstić information content (AvgIpc) is 2.53. The largest absolute Gasteiger partial charge is 0.463 e. The summed E-state index contributed by atoms with van der Waals surface area (Å²) in [6.07, 6.45) is 8.20. The highest BCUT2D eigenvalue weighted by Gasteiger charge is 2.28. The van der Waals surface area contributed by atoms with E-state index in [4.69, 9.17) is 14.2 Å². The Hall–Kier alpha value is -0.870. The van der Waals surface area contributed by atoms with Gasteiger partial charge in [0.25, 0.3) is 0 Å². The quantitative estimate of drug-likeness (QED) is 0.577. The third-order valence-corrected chi connectivity index (χ3v) is 4.73. The number of rotatable bonds is 5. The first kappa shape index (κ1) is 16.5. The van der Waals surface area contributed by atoms with Crippen molar-refractivity contribution in [3.8, 4) is 0 Å². The van der Waals surface area contributed by atoms with E-state index in [1.165, 1.54) is 25.7 Å². The summed E-state index contributed by atoms with van der Waals surface area (Å²) in [4.78, 5) is 12.0. The third kappa shape index (κ3) is 4.82. The van der Waals surface area contributed by atoms with Gasteiger partial charge in [-0.1, -0.05) is 19.9 Å². The van der Waals surface area contributed by atoms with E-state index < -0.39 is 12.4 Å². The van der Waals surface area contributed by atoms with Crippen LogP contribution in [0.4, 0.5) is 0 Å². The van der Waals surface area contributed by atoms with E-state index in [0.29, 0.717) is 18.9 Å². The number of hydrogen-bond acceptors (Lipinski definition) is 4. The summed E-state index contributed by atoms with van der Waals surface area (Å²) < 4.78 is 16.0. The molecule has 1 saturated carbocycles. The molecular formula is C17H28O4. The molecule has 0 saturated heterocycles. The molecule has 2 unspecified atom stereocenters. The van der Waals surface area contributed by atoms with Crippen LogP contribution in [-0.2, 0) is 19.0 Å². The van der Waals surface area contributed by atoms with E-state index in [-0.39, 0.29) is 5.97 Å². The van der Waals surface area contributed by atoms with E-state index in [1.807, 2.05) is 12.2 Å². The van der Waals surface area contributed by atoms with Gasteiger partial charge < -0.3 is 14.2 Å².